The summed E-state index contributed by atoms with van der Waals surface area (Å²) >= 11 is 16.8. The van der Waals surface area contributed by atoms with E-state index < -0.39 is 5.41 Å². The number of benzene rings is 17. The van der Waals surface area contributed by atoms with E-state index in [1.165, 1.54) is 185 Å². The predicted octanol–water partition coefficient (Wildman–Crippen LogP) is 41.4. The van der Waals surface area contributed by atoms with Crippen molar-refractivity contribution in [2.75, 3.05) is 13.6 Å². The summed E-state index contributed by atoms with van der Waals surface area (Å²) in [6.45, 7) is 10.5. The van der Waals surface area contributed by atoms with Crippen LogP contribution < -0.4 is 0 Å². The van der Waals surface area contributed by atoms with E-state index in [9.17, 15) is 0 Å². The second-order valence-electron chi connectivity index (χ2n) is 45.8. The van der Waals surface area contributed by atoms with Crippen molar-refractivity contribution < 1.29 is 17.1 Å². The molecule has 43 rings (SSSR count). The van der Waals surface area contributed by atoms with E-state index in [0.717, 1.165) is 38.6 Å². The molecule has 9 heterocycles. The second-order valence-corrected chi connectivity index (χ2v) is 54.4. The molecular weight excluding hydrogens is 1910 g/mol. The molecule has 3 atom stereocenters. The minimum absolute atomic E-state index is 0. The van der Waals surface area contributed by atoms with Crippen LogP contribution in [0.25, 0.3) is 359 Å². The third-order valence-corrected chi connectivity index (χ3v) is 50.4. The number of thiophene rings is 8. The standard InChI is InChI=1S/C127H80NS8.C5H5.Fe/c1-6-10-14-18-28-47-41-51(32-24-27-46-25-22-23-26-46)129-121(47)56-37-33-52(130-56)53-34-38-57(131-53)122-48(29-19-15-11-7-2)42-60(134-122)61-43-49(30-20-16-12-8-3)123(135-61)58-39-35-54(132-58)55-36-40-59(133-55)124-50(31-21-17-13-9-4)44-62(136-124)125-127-119-112-104-92-84-75-66-64-63-65-69(66)78-85-83-74(65)76-72-67(63)70-71-68(64)73-77(75)90(92)98-96-82(73)80(71)88-87-79(70)81(72)95-97-89(76)91(83)103-105-93(85)94(86(78)84)106(104)115(119)114(105)117-110(103)108(97)111-101(95)99(87)107-100(88)102(96)113(109(98)112)120(127)116(107)118(111)126(117,127)45-128(125)5;1-2-4-5-3-1;/h22-23,25-26,33-44,125H,6-21,24,27-32,45H2,1-5H3;1-5H;/q;;+2. The third-order valence-electron chi connectivity index (χ3n) is 39.9. The molecule has 10 heteroatoms. The molecule has 6 aliphatic carbocycles. The molecule has 10 radical (unpaired) electrons. The summed E-state index contributed by atoms with van der Waals surface area (Å²) < 4.78 is 0. The Labute approximate surface area is 859 Å². The molecule has 1 aliphatic heterocycles. The Morgan fingerprint density at radius 1 is 0.232 bits per heavy atom. The van der Waals surface area contributed by atoms with Gasteiger partial charge in [0.2, 0.25) is 0 Å². The summed E-state index contributed by atoms with van der Waals surface area (Å²) in [5.74, 6) is 1.47. The van der Waals surface area contributed by atoms with Crippen LogP contribution in [0.3, 0.4) is 0 Å². The molecule has 8 aromatic heterocycles. The van der Waals surface area contributed by atoms with Crippen LogP contribution in [0, 0.1) is 63.7 Å². The quantitative estimate of drug-likeness (QED) is 0.0231. The Morgan fingerprint density at radius 2 is 0.493 bits per heavy atom. The van der Waals surface area contributed by atoms with Gasteiger partial charge in [0.25, 0.3) is 0 Å². The Balaban J connectivity index is 0.00000130. The van der Waals surface area contributed by atoms with Crippen molar-refractivity contribution in [3.63, 3.8) is 0 Å². The molecule has 672 valence electrons. The number of likely N-dealkylation sites (N-methyl/N-ethyl adjacent to an activating group) is 1. The number of unbranched alkanes of at least 4 members (excludes halogenated alkanes) is 12. The summed E-state index contributed by atoms with van der Waals surface area (Å²) in [5.41, 5.74) is 12.7. The van der Waals surface area contributed by atoms with Gasteiger partial charge in [-0.25, -0.2) is 0 Å². The van der Waals surface area contributed by atoms with Gasteiger partial charge in [-0.05, 0) is 550 Å². The van der Waals surface area contributed by atoms with Crippen molar-refractivity contribution in [2.45, 2.75) is 192 Å². The Morgan fingerprint density at radius 3 is 0.838 bits per heavy atom. The van der Waals surface area contributed by atoms with Gasteiger partial charge < -0.3 is 0 Å². The van der Waals surface area contributed by atoms with Crippen LogP contribution in [-0.2, 0) is 60.0 Å². The Hall–Kier alpha value is -9.46. The minimum Gasteiger partial charge on any atom is -0.296 e. The first-order valence-corrected chi connectivity index (χ1v) is 60.1. The fraction of sp³-hybridized carbons (Fsp3) is 0.242. The molecule has 3 unspecified atom stereocenters. The normalized spacial score (nSPS) is 19.0. The van der Waals surface area contributed by atoms with E-state index in [4.69, 9.17) is 0 Å². The Bertz CT molecular complexity index is 11300. The first-order chi connectivity index (χ1) is 69.9. The summed E-state index contributed by atoms with van der Waals surface area (Å²) in [4.78, 5) is 26.7. The zero-order valence-corrected chi connectivity index (χ0v) is 86.9. The molecule has 0 amide bonds. The van der Waals surface area contributed by atoms with Gasteiger partial charge in [-0.15, -0.1) is 90.7 Å². The molecule has 0 bridgehead atoms. The Kier molecular flexibility index (Phi) is 13.8. The summed E-state index contributed by atoms with van der Waals surface area (Å²) in [5, 5.41) is 90.9. The molecule has 3 fully saturated rings. The van der Waals surface area contributed by atoms with Gasteiger partial charge in [0.05, 0.1) is 16.9 Å². The maximum Gasteiger partial charge on any atom is 2.00 e. The number of hydrogen-bond donors (Lipinski definition) is 0. The van der Waals surface area contributed by atoms with E-state index in [1.807, 2.05) is 54.8 Å². The van der Waals surface area contributed by atoms with E-state index in [-0.39, 0.29) is 28.5 Å². The fourth-order valence-corrected chi connectivity index (χ4v) is 46.0. The van der Waals surface area contributed by atoms with Crippen LogP contribution in [0.2, 0.25) is 0 Å². The molecule has 28 aromatic carbocycles. The summed E-state index contributed by atoms with van der Waals surface area (Å²) in [7, 11) is 2.68. The SMILES string of the molecule is CCCCCCc1cc(CCC[C]2[CH][CH][CH][CH]2)sc1-c1ccc(-c2ccc(-c3sc(-c4cc(CCCCCC)c(-c5ccc(-c6ccc(-c7sc(C8N(C)CC9%10c%11c%12c%13c%14c%15c%16c(c%17c%18c9c9c%19c%11c%11c%20c%12c%12c%14c%14c%15c%15c%21c%16c%17c%16c%17c%18c9c9c%18c%19c%11c%11c%19c%20c%12c%12c%14c%14c%15c%15c%21c%16c%16c%17c9c9c%18c%11c%11c%19c%12c%14c%12c%15c%16c9c%11%12)C%138%10)cc7CCCCCC)s6)s5)s4)cc3CCCCCC)s2)s1.[CH]1[CH][CH][CH][CH]1.[Fe+2]. The number of likely N-dealkylation sites (tertiary alicyclic amines) is 1. The molecule has 7 aliphatic rings. The zero-order valence-electron chi connectivity index (χ0n) is 79.2. The molecular formula is C132H85FeNS8+2. The third kappa shape index (κ3) is 7.61. The maximum absolute atomic E-state index is 3.09. The zero-order chi connectivity index (χ0) is 90.2. The molecule has 1 saturated heterocycles. The molecule has 36 aromatic rings. The summed E-state index contributed by atoms with van der Waals surface area (Å²) in [6.07, 6.45) is 47.5. The van der Waals surface area contributed by atoms with E-state index in [0.29, 0.717) is 0 Å². The minimum atomic E-state index is -0.399. The van der Waals surface area contributed by atoms with Crippen LogP contribution >= 0.6 is 90.7 Å². The first kappa shape index (κ1) is 77.9. The molecule has 0 N–H and O–H groups in total. The molecule has 1 nitrogen and oxygen atoms in total. The van der Waals surface area contributed by atoms with Crippen LogP contribution in [0.4, 0.5) is 0 Å². The van der Waals surface area contributed by atoms with Crippen LogP contribution in [0.5, 0.6) is 0 Å². The average Bonchev–Trinajstić information content (AvgIpc) is 1.38. The van der Waals surface area contributed by atoms with Crippen LogP contribution in [0.15, 0.2) is 72.8 Å². The summed E-state index contributed by atoms with van der Waals surface area (Å²) in [6, 6.07) is 31.0. The van der Waals surface area contributed by atoms with Crippen LogP contribution in [-0.4, -0.2) is 18.5 Å². The van der Waals surface area contributed by atoms with Crippen molar-refractivity contribution in [3.05, 3.63) is 191 Å². The van der Waals surface area contributed by atoms with Crippen molar-refractivity contribution >= 4 is 382 Å². The van der Waals surface area contributed by atoms with E-state index in [2.05, 4.69) is 206 Å². The topological polar surface area (TPSA) is 3.24 Å². The predicted molar refractivity (Wildman–Crippen MR) is 623 cm³/mol. The van der Waals surface area contributed by atoms with Crippen molar-refractivity contribution in [1.29, 1.82) is 0 Å². The van der Waals surface area contributed by atoms with Gasteiger partial charge in [-0.2, -0.15) is 0 Å². The number of rotatable bonds is 32. The van der Waals surface area contributed by atoms with Gasteiger partial charge in [0.1, 0.15) is 0 Å². The van der Waals surface area contributed by atoms with Crippen LogP contribution in [0.1, 0.15) is 204 Å². The number of hydrogen-bond acceptors (Lipinski definition) is 9. The van der Waals surface area contributed by atoms with Gasteiger partial charge in [0.15, 0.2) is 0 Å². The second kappa shape index (κ2) is 25.1. The van der Waals surface area contributed by atoms with Crippen molar-refractivity contribution in [1.82, 2.24) is 4.90 Å². The monoisotopic (exact) mass is 2000 g/mol. The first-order valence-electron chi connectivity index (χ1n) is 53.6. The largest absolute Gasteiger partial charge is 2.00 e. The van der Waals surface area contributed by atoms with E-state index >= 15 is 0 Å². The fourth-order valence-electron chi connectivity index (χ4n) is 36.1. The van der Waals surface area contributed by atoms with Gasteiger partial charge in [-0.3, -0.25) is 4.90 Å². The smallest absolute Gasteiger partial charge is 0.296 e. The van der Waals surface area contributed by atoms with Gasteiger partial charge in [-0.1, -0.05) is 105 Å². The van der Waals surface area contributed by atoms with Gasteiger partial charge in [0, 0.05) is 84.6 Å². The van der Waals surface area contributed by atoms with Crippen molar-refractivity contribution in [2.24, 2.45) is 0 Å². The molecule has 2 spiro atoms. The maximum atomic E-state index is 3.09. The van der Waals surface area contributed by atoms with Crippen molar-refractivity contribution in [3.8, 4) is 68.3 Å². The average molecular weight is 2000 g/mol. The number of aryl methyl sites for hydroxylation is 5. The number of nitrogens with zero attached hydrogens (tertiary/aromatic N) is 1. The van der Waals surface area contributed by atoms with Gasteiger partial charge >= 0.3 is 17.1 Å². The van der Waals surface area contributed by atoms with E-state index in [1.54, 1.807) is 350 Å². The molecule has 142 heavy (non-hydrogen) atoms. The molecule has 2 saturated carbocycles.